The largest absolute Gasteiger partial charge is 0.394 e. The van der Waals surface area contributed by atoms with E-state index < -0.39 is 42.2 Å². The molecule has 0 bridgehead atoms. The molecule has 0 aromatic rings. The minimum Gasteiger partial charge on any atom is -0.394 e. The van der Waals surface area contributed by atoms with Crippen molar-refractivity contribution in [2.75, 3.05) is 26.3 Å². The van der Waals surface area contributed by atoms with Gasteiger partial charge in [-0.05, 0) is 25.9 Å². The van der Waals surface area contributed by atoms with Gasteiger partial charge in [0, 0.05) is 0 Å². The third-order valence-electron chi connectivity index (χ3n) is 1.76. The van der Waals surface area contributed by atoms with Crippen LogP contribution in [0.5, 0.6) is 0 Å². The molecule has 25 nitrogen and oxygen atoms in total. The van der Waals surface area contributed by atoms with Gasteiger partial charge in [-0.15, -0.1) is 0 Å². The number of nitrogens with two attached hydrogens (primary N) is 16. The van der Waals surface area contributed by atoms with Crippen LogP contribution in [0, 0.1) is 0 Å². The Morgan fingerprint density at radius 2 is 0.405 bits per heavy atom. The average molecular weight is 627 g/mol. The van der Waals surface area contributed by atoms with Gasteiger partial charge in [0.15, 0.2) is 0 Å². The fourth-order valence-corrected chi connectivity index (χ4v) is 0.996. The second kappa shape index (κ2) is 65.1. The molecule has 0 radical (unpaired) electrons. The smallest absolute Gasteiger partial charge is 0.309 e. The molecule has 0 aromatic heterocycles. The first kappa shape index (κ1) is 61.0. The summed E-state index contributed by atoms with van der Waals surface area (Å²) < 4.78 is 0. The Morgan fingerprint density at radius 3 is 0.476 bits per heavy atom. The number of hydrogen-bond donors (Lipinski definition) is 18. The summed E-state index contributed by atoms with van der Waals surface area (Å²) in [5.41, 5.74) is 70.2. The van der Waals surface area contributed by atoms with Gasteiger partial charge in [-0.2, -0.15) is 0 Å². The van der Waals surface area contributed by atoms with Gasteiger partial charge in [0.1, 0.15) is 0 Å². The molecule has 0 spiro atoms. The molecule has 0 unspecified atom stereocenters. The fraction of sp³-hybridized carbons (Fsp3) is 0.588. The summed E-state index contributed by atoms with van der Waals surface area (Å²) in [6.45, 7) is 1.44. The first-order chi connectivity index (χ1) is 19.0. The lowest BCUT2D eigenvalue weighted by Crippen LogP contribution is -2.18. The average Bonchev–Trinajstić information content (AvgIpc) is 2.74. The second-order valence-electron chi connectivity index (χ2n) is 5.96. The Bertz CT molecular complexity index is 473. The number of carbonyl (C=O) groups is 7. The minimum absolute atomic E-state index is 0.125. The molecule has 256 valence electrons. The summed E-state index contributed by atoms with van der Waals surface area (Å²) in [6, 6.07) is -5.83. The van der Waals surface area contributed by atoms with Gasteiger partial charge in [-0.1, -0.05) is 25.7 Å². The van der Waals surface area contributed by atoms with Crippen LogP contribution in [0.4, 0.5) is 33.6 Å². The summed E-state index contributed by atoms with van der Waals surface area (Å²) >= 11 is 0. The van der Waals surface area contributed by atoms with Crippen molar-refractivity contribution < 1.29 is 43.8 Å². The lowest BCUT2D eigenvalue weighted by Gasteiger charge is -1.97. The molecular weight excluding hydrogens is 572 g/mol. The van der Waals surface area contributed by atoms with Crippen LogP contribution in [0.15, 0.2) is 0 Å². The maximum Gasteiger partial charge on any atom is 0.309 e. The van der Waals surface area contributed by atoms with E-state index in [1.165, 1.54) is 38.5 Å². The highest BCUT2D eigenvalue weighted by Crippen LogP contribution is 2.03. The number of aliphatic hydroxyl groups is 2. The van der Waals surface area contributed by atoms with Crippen molar-refractivity contribution in [2.45, 2.75) is 38.5 Å². The predicted octanol–water partition coefficient (Wildman–Crippen LogP) is -6.62. The van der Waals surface area contributed by atoms with Crippen molar-refractivity contribution in [3.05, 3.63) is 0 Å². The van der Waals surface area contributed by atoms with Crippen molar-refractivity contribution in [1.29, 1.82) is 0 Å². The van der Waals surface area contributed by atoms with E-state index in [1.807, 2.05) is 0 Å². The Labute approximate surface area is 243 Å². The molecular formula is C17H54N16O9. The van der Waals surface area contributed by atoms with Crippen LogP contribution in [0.3, 0.4) is 0 Å². The normalized spacial score (nSPS) is 7.14. The van der Waals surface area contributed by atoms with Gasteiger partial charge < -0.3 is 102 Å². The highest BCUT2D eigenvalue weighted by molar-refractivity contribution is 5.70. The van der Waals surface area contributed by atoms with E-state index in [0.717, 1.165) is 13.1 Å². The number of rotatable bonds is 8. The Hall–Kier alpha value is -5.27. The van der Waals surface area contributed by atoms with Crippen LogP contribution >= 0.6 is 0 Å². The number of urea groups is 7. The molecule has 0 saturated carbocycles. The summed E-state index contributed by atoms with van der Waals surface area (Å²) in [5, 5.41) is 15.2. The number of carbonyl (C=O) groups excluding carboxylic acids is 7. The number of primary amides is 14. The van der Waals surface area contributed by atoms with Crippen LogP contribution in [0.2, 0.25) is 0 Å². The van der Waals surface area contributed by atoms with Gasteiger partial charge in [-0.3, -0.25) is 0 Å². The van der Waals surface area contributed by atoms with E-state index in [4.69, 9.17) is 55.2 Å². The number of aliphatic hydroxyl groups excluding tert-OH is 2. The van der Waals surface area contributed by atoms with E-state index in [2.05, 4.69) is 80.3 Å². The molecule has 0 atom stereocenters. The van der Waals surface area contributed by atoms with E-state index >= 15 is 0 Å². The van der Waals surface area contributed by atoms with E-state index in [1.54, 1.807) is 0 Å². The lowest BCUT2D eigenvalue weighted by atomic mass is 10.1. The summed E-state index contributed by atoms with van der Waals surface area (Å²) in [7, 11) is 0. The van der Waals surface area contributed by atoms with Gasteiger partial charge in [0.2, 0.25) is 0 Å². The van der Waals surface area contributed by atoms with E-state index in [9.17, 15) is 0 Å². The summed E-state index contributed by atoms with van der Waals surface area (Å²) in [6.07, 6.45) is 7.61. The zero-order valence-electron chi connectivity index (χ0n) is 23.6. The van der Waals surface area contributed by atoms with Gasteiger partial charge in [0.05, 0.1) is 13.2 Å². The van der Waals surface area contributed by atoms with Crippen LogP contribution in [0.1, 0.15) is 38.5 Å². The van der Waals surface area contributed by atoms with E-state index in [-0.39, 0.29) is 13.2 Å². The monoisotopic (exact) mass is 626 g/mol. The number of hydrogen-bond acceptors (Lipinski definition) is 11. The van der Waals surface area contributed by atoms with Crippen LogP contribution < -0.4 is 91.7 Å². The molecule has 0 aliphatic heterocycles. The van der Waals surface area contributed by atoms with Crippen LogP contribution in [-0.4, -0.2) is 78.7 Å². The van der Waals surface area contributed by atoms with E-state index in [0.29, 0.717) is 0 Å². The summed E-state index contributed by atoms with van der Waals surface area (Å²) in [4.78, 5) is 63.0. The number of amides is 14. The van der Waals surface area contributed by atoms with Crippen molar-refractivity contribution in [2.24, 2.45) is 91.7 Å². The molecule has 0 fully saturated rings. The molecule has 34 N–H and O–H groups in total. The molecule has 0 aliphatic rings. The maximum atomic E-state index is 9.00. The lowest BCUT2D eigenvalue weighted by molar-refractivity contribution is 0.186. The molecule has 25 heteroatoms. The first-order valence-corrected chi connectivity index (χ1v) is 10.9. The Morgan fingerprint density at radius 1 is 0.310 bits per heavy atom. The Kier molecular flexibility index (Phi) is 94.5. The number of unbranched alkanes of at least 4 members (excludes halogenated alkanes) is 5. The third kappa shape index (κ3) is 5300. The van der Waals surface area contributed by atoms with Gasteiger partial charge in [-0.25, -0.2) is 33.6 Å². The van der Waals surface area contributed by atoms with Crippen LogP contribution in [0.25, 0.3) is 0 Å². The van der Waals surface area contributed by atoms with Crippen molar-refractivity contribution in [3.63, 3.8) is 0 Å². The quantitative estimate of drug-likeness (QED) is 0.112. The molecule has 0 saturated heterocycles. The minimum atomic E-state index is -0.833. The topological polar surface area (TPSA) is 576 Å². The molecule has 0 aromatic carbocycles. The Balaban J connectivity index is -0.0000000430. The van der Waals surface area contributed by atoms with Gasteiger partial charge >= 0.3 is 42.2 Å². The second-order valence-corrected chi connectivity index (χ2v) is 5.96. The zero-order valence-corrected chi connectivity index (χ0v) is 23.6. The SMILES string of the molecule is NC(N)=O.NC(N)=O.NC(N)=O.NC(N)=O.NC(N)=O.NC(N)=O.NC(N)=O.NCCCCCCCCN.OCCO. The highest BCUT2D eigenvalue weighted by Gasteiger charge is 1.87. The molecule has 0 rings (SSSR count). The van der Waals surface area contributed by atoms with Crippen molar-refractivity contribution in [1.82, 2.24) is 0 Å². The highest BCUT2D eigenvalue weighted by atomic mass is 16.3. The molecule has 0 aliphatic carbocycles. The maximum absolute atomic E-state index is 9.00. The fourth-order valence-electron chi connectivity index (χ4n) is 0.996. The third-order valence-corrected chi connectivity index (χ3v) is 1.76. The van der Waals surface area contributed by atoms with Crippen LogP contribution in [-0.2, 0) is 0 Å². The standard InChI is InChI=1S/C8H20N2.C2H6O2.7CH4N2O/c9-7-5-3-1-2-4-6-8-10;3-1-2-4;7*2-1(3)4/h1-10H2;3-4H,1-2H2;7*(H4,2,3,4). The summed E-state index contributed by atoms with van der Waals surface area (Å²) in [5.74, 6) is 0. The van der Waals surface area contributed by atoms with Gasteiger partial charge in [0.25, 0.3) is 0 Å². The first-order valence-electron chi connectivity index (χ1n) is 10.9. The molecule has 0 heterocycles. The molecule has 42 heavy (non-hydrogen) atoms. The predicted molar refractivity (Wildman–Crippen MR) is 156 cm³/mol. The zero-order chi connectivity index (χ0) is 36.1. The van der Waals surface area contributed by atoms with Crippen molar-refractivity contribution in [3.8, 4) is 0 Å². The molecule has 14 amide bonds. The van der Waals surface area contributed by atoms with Crippen molar-refractivity contribution >= 4 is 42.2 Å².